The molecule has 0 saturated heterocycles. The van der Waals surface area contributed by atoms with Crippen LogP contribution in [0.25, 0.3) is 21.9 Å². The first-order valence-electron chi connectivity index (χ1n) is 17.1. The van der Waals surface area contributed by atoms with Crippen LogP contribution in [0.2, 0.25) is 0 Å². The maximum atomic E-state index is 12.0. The number of unbranched alkanes of at least 4 members (excludes halogenated alkanes) is 2. The lowest BCUT2D eigenvalue weighted by atomic mass is 9.88. The van der Waals surface area contributed by atoms with Crippen LogP contribution >= 0.6 is 11.8 Å². The molecule has 1 heterocycles. The number of ketones is 1. The van der Waals surface area contributed by atoms with Crippen molar-refractivity contribution < 1.29 is 9.53 Å². The molecule has 0 unspecified atom stereocenters. The fraction of sp³-hybridized carbons (Fsp3) is 0.262. The lowest BCUT2D eigenvalue weighted by Crippen LogP contribution is -2.20. The summed E-state index contributed by atoms with van der Waals surface area (Å²) < 4.78 is 6.81. The Bertz CT molecular complexity index is 2000. The van der Waals surface area contributed by atoms with Crippen LogP contribution in [0.4, 0.5) is 0 Å². The van der Waals surface area contributed by atoms with Crippen LogP contribution in [0.15, 0.2) is 101 Å². The minimum absolute atomic E-state index is 0.223. The molecule has 5 aromatic carbocycles. The molecule has 3 N–H and O–H groups in total. The Morgan fingerprint density at radius 1 is 0.750 bits per heavy atom. The zero-order valence-electron chi connectivity index (χ0n) is 28.0. The lowest BCUT2D eigenvalue weighted by molar-refractivity contribution is -0.118. The maximum absolute atomic E-state index is 12.0. The summed E-state index contributed by atoms with van der Waals surface area (Å²) in [4.78, 5) is 14.3. The van der Waals surface area contributed by atoms with Gasteiger partial charge in [-0.3, -0.25) is 15.6 Å². The topological polar surface area (TPSA) is 86.0 Å². The first-order valence-corrected chi connectivity index (χ1v) is 17.9. The summed E-state index contributed by atoms with van der Waals surface area (Å²) in [6.45, 7) is 6.29. The van der Waals surface area contributed by atoms with E-state index < -0.39 is 0 Å². The van der Waals surface area contributed by atoms with Gasteiger partial charge in [0.1, 0.15) is 29.0 Å². The number of rotatable bonds is 14. The molecule has 0 atom stereocenters. The molecule has 0 aromatic heterocycles. The summed E-state index contributed by atoms with van der Waals surface area (Å²) in [5.74, 6) is 2.17. The standard InChI is InChI=1S/C42H43N3O2S/c1-4-7-8-11-29-22-31-26-36-40(42(44)45-41(36)43)39(30-13-10-15-35(25-30)48-34-20-17-27(5-2)18-21-34)38(31)37(24-29)47-33-14-9-12-28(23-33)16-19-32(46)6-3/h9-10,12-15,17-18,20-26H,4-8,11,16,19H2,1-3H3,(H3,43,44,45). The van der Waals surface area contributed by atoms with Gasteiger partial charge in [0.25, 0.3) is 0 Å². The molecule has 0 radical (unpaired) electrons. The Labute approximate surface area is 288 Å². The van der Waals surface area contributed by atoms with Crippen molar-refractivity contribution in [1.82, 2.24) is 5.32 Å². The van der Waals surface area contributed by atoms with Gasteiger partial charge in [0.05, 0.1) is 0 Å². The van der Waals surface area contributed by atoms with Crippen molar-refractivity contribution in [1.29, 1.82) is 10.8 Å². The van der Waals surface area contributed by atoms with Crippen LogP contribution in [-0.2, 0) is 24.1 Å². The summed E-state index contributed by atoms with van der Waals surface area (Å²) >= 11 is 1.72. The highest BCUT2D eigenvalue weighted by molar-refractivity contribution is 7.99. The van der Waals surface area contributed by atoms with Gasteiger partial charge in [-0.1, -0.05) is 87.8 Å². The predicted octanol–water partition coefficient (Wildman–Crippen LogP) is 10.9. The normalized spacial score (nSPS) is 12.3. The second-order valence-electron chi connectivity index (χ2n) is 12.5. The van der Waals surface area contributed by atoms with Crippen molar-refractivity contribution in [2.45, 2.75) is 81.9 Å². The second kappa shape index (κ2) is 15.0. The summed E-state index contributed by atoms with van der Waals surface area (Å²) in [5, 5.41) is 22.6. The lowest BCUT2D eigenvalue weighted by Gasteiger charge is -2.19. The van der Waals surface area contributed by atoms with Gasteiger partial charge in [-0.15, -0.1) is 0 Å². The fourth-order valence-corrected chi connectivity index (χ4v) is 7.24. The van der Waals surface area contributed by atoms with Crippen molar-refractivity contribution >= 4 is 40.0 Å². The number of carbonyl (C=O) groups excluding carboxylic acids is 1. The quantitative estimate of drug-likeness (QED) is 0.104. The van der Waals surface area contributed by atoms with Crippen LogP contribution in [-0.4, -0.2) is 17.5 Å². The fourth-order valence-electron chi connectivity index (χ4n) is 6.37. The molecule has 0 bridgehead atoms. The Balaban J connectivity index is 1.50. The molecule has 5 nitrogen and oxygen atoms in total. The number of benzene rings is 5. The number of nitrogens with one attached hydrogen (secondary N) is 3. The van der Waals surface area contributed by atoms with E-state index in [1.807, 2.05) is 37.3 Å². The van der Waals surface area contributed by atoms with Gasteiger partial charge in [-0.25, -0.2) is 0 Å². The Morgan fingerprint density at radius 2 is 1.56 bits per heavy atom. The van der Waals surface area contributed by atoms with E-state index >= 15 is 0 Å². The van der Waals surface area contributed by atoms with Gasteiger partial charge in [-0.2, -0.15) is 0 Å². The number of hydrogen-bond acceptors (Lipinski definition) is 5. The van der Waals surface area contributed by atoms with Crippen LogP contribution < -0.4 is 10.1 Å². The minimum Gasteiger partial charge on any atom is -0.457 e. The first-order chi connectivity index (χ1) is 23.4. The third kappa shape index (κ3) is 7.39. The molecular weight excluding hydrogens is 611 g/mol. The van der Waals surface area contributed by atoms with Crippen molar-refractivity contribution in [3.8, 4) is 22.6 Å². The number of carbonyl (C=O) groups is 1. The summed E-state index contributed by atoms with van der Waals surface area (Å²) in [5.41, 5.74) is 6.89. The van der Waals surface area contributed by atoms with Crippen LogP contribution in [0.3, 0.4) is 0 Å². The largest absolute Gasteiger partial charge is 0.457 e. The summed E-state index contributed by atoms with van der Waals surface area (Å²) in [6, 6.07) is 31.7. The van der Waals surface area contributed by atoms with Crippen LogP contribution in [0, 0.1) is 10.8 Å². The van der Waals surface area contributed by atoms with Gasteiger partial charge >= 0.3 is 0 Å². The highest BCUT2D eigenvalue weighted by Crippen LogP contribution is 2.44. The molecular formula is C42H43N3O2S. The molecule has 1 aliphatic heterocycles. The predicted molar refractivity (Wildman–Crippen MR) is 199 cm³/mol. The zero-order chi connectivity index (χ0) is 33.6. The average molecular weight is 654 g/mol. The Kier molecular flexibility index (Phi) is 10.4. The number of amidine groups is 2. The third-order valence-electron chi connectivity index (χ3n) is 9.00. The van der Waals surface area contributed by atoms with E-state index in [0.717, 1.165) is 87.1 Å². The molecule has 0 amide bonds. The molecule has 5 aromatic rings. The van der Waals surface area contributed by atoms with E-state index in [1.54, 1.807) is 11.8 Å². The van der Waals surface area contributed by atoms with Gasteiger partial charge in [0, 0.05) is 44.7 Å². The number of Topliss-reactive ketones (excluding diaryl/α,β-unsaturated/α-hetero) is 1. The molecule has 0 aliphatic carbocycles. The molecule has 244 valence electrons. The molecule has 0 fully saturated rings. The van der Waals surface area contributed by atoms with Crippen molar-refractivity contribution in [2.75, 3.05) is 0 Å². The molecule has 6 heteroatoms. The molecule has 0 saturated carbocycles. The van der Waals surface area contributed by atoms with Crippen molar-refractivity contribution in [2.24, 2.45) is 0 Å². The van der Waals surface area contributed by atoms with Crippen LogP contribution in [0.5, 0.6) is 11.5 Å². The van der Waals surface area contributed by atoms with Gasteiger partial charge in [0.15, 0.2) is 0 Å². The van der Waals surface area contributed by atoms with Gasteiger partial charge in [0.2, 0.25) is 0 Å². The van der Waals surface area contributed by atoms with E-state index in [2.05, 4.69) is 79.8 Å². The summed E-state index contributed by atoms with van der Waals surface area (Å²) in [6.07, 6.45) is 7.06. The van der Waals surface area contributed by atoms with Gasteiger partial charge < -0.3 is 10.1 Å². The van der Waals surface area contributed by atoms with Crippen molar-refractivity contribution in [3.05, 3.63) is 119 Å². The minimum atomic E-state index is 0.223. The summed E-state index contributed by atoms with van der Waals surface area (Å²) in [7, 11) is 0. The van der Waals surface area contributed by atoms with E-state index in [1.165, 1.54) is 16.0 Å². The first kappa shape index (κ1) is 33.2. The van der Waals surface area contributed by atoms with E-state index in [0.29, 0.717) is 19.3 Å². The van der Waals surface area contributed by atoms with Gasteiger partial charge in [-0.05, 0) is 102 Å². The number of ether oxygens (including phenoxy) is 1. The van der Waals surface area contributed by atoms with Crippen LogP contribution in [0.1, 0.15) is 80.7 Å². The smallest absolute Gasteiger partial charge is 0.136 e. The molecule has 1 aliphatic rings. The monoisotopic (exact) mass is 653 g/mol. The van der Waals surface area contributed by atoms with E-state index in [-0.39, 0.29) is 17.5 Å². The molecule has 6 rings (SSSR count). The number of hydrogen-bond donors (Lipinski definition) is 3. The van der Waals surface area contributed by atoms with Crippen molar-refractivity contribution in [3.63, 3.8) is 0 Å². The highest BCUT2D eigenvalue weighted by atomic mass is 32.2. The SMILES string of the molecule is CCCCCc1cc(Oc2cccc(CCC(=O)CC)c2)c2c(-c3cccc(Sc4ccc(CC)cc4)c3)c3c(cc2c1)C(=N)NC3=N. The Hall–Kier alpha value is -4.68. The second-order valence-corrected chi connectivity index (χ2v) is 13.6. The third-order valence-corrected chi connectivity index (χ3v) is 10.0. The number of fused-ring (bicyclic) bond motifs is 2. The average Bonchev–Trinajstić information content (AvgIpc) is 3.38. The Morgan fingerprint density at radius 3 is 2.33 bits per heavy atom. The van der Waals surface area contributed by atoms with E-state index in [9.17, 15) is 4.79 Å². The maximum Gasteiger partial charge on any atom is 0.136 e. The zero-order valence-corrected chi connectivity index (χ0v) is 28.9. The molecule has 0 spiro atoms. The van der Waals surface area contributed by atoms with E-state index in [4.69, 9.17) is 15.6 Å². The number of aryl methyl sites for hydroxylation is 3. The highest BCUT2D eigenvalue weighted by Gasteiger charge is 2.29. The molecule has 48 heavy (non-hydrogen) atoms.